The van der Waals surface area contributed by atoms with Crippen molar-refractivity contribution in [3.63, 3.8) is 0 Å². The zero-order valence-corrected chi connectivity index (χ0v) is 9.34. The highest BCUT2D eigenvalue weighted by Gasteiger charge is 2.20. The maximum Gasteiger partial charge on any atom is 0.309 e. The molecule has 0 aromatic carbocycles. The molecule has 0 aliphatic heterocycles. The van der Waals surface area contributed by atoms with E-state index in [1.54, 1.807) is 6.92 Å². The van der Waals surface area contributed by atoms with Crippen LogP contribution in [0.3, 0.4) is 0 Å². The second-order valence-electron chi connectivity index (χ2n) is 3.50. The summed E-state index contributed by atoms with van der Waals surface area (Å²) in [6.07, 6.45) is 3.08. The lowest BCUT2D eigenvalue weighted by molar-refractivity contribution is -0.149. The Morgan fingerprint density at radius 1 is 1.29 bits per heavy atom. The standard InChI is InChI=1S/C11H20O3/c1-4-6-7-10(8-9(3)12)11(13)14-5-2/h10H,4-8H2,1-3H3. The summed E-state index contributed by atoms with van der Waals surface area (Å²) in [5.74, 6) is -0.400. The molecule has 1 unspecified atom stereocenters. The van der Waals surface area contributed by atoms with Gasteiger partial charge in [-0.15, -0.1) is 0 Å². The summed E-state index contributed by atoms with van der Waals surface area (Å²) in [5, 5.41) is 0. The van der Waals surface area contributed by atoms with Crippen molar-refractivity contribution in [2.24, 2.45) is 5.92 Å². The number of carbonyl (C=O) groups excluding carboxylic acids is 2. The number of carbonyl (C=O) groups is 2. The van der Waals surface area contributed by atoms with Crippen LogP contribution in [0.5, 0.6) is 0 Å². The van der Waals surface area contributed by atoms with Crippen LogP contribution in [0.1, 0.15) is 46.5 Å². The van der Waals surface area contributed by atoms with Crippen LogP contribution in [-0.2, 0) is 14.3 Å². The molecule has 0 saturated heterocycles. The molecule has 0 fully saturated rings. The molecule has 0 aromatic heterocycles. The molecule has 0 aliphatic carbocycles. The molecule has 0 rings (SSSR count). The summed E-state index contributed by atoms with van der Waals surface area (Å²) in [6, 6.07) is 0. The van der Waals surface area contributed by atoms with Gasteiger partial charge in [0.15, 0.2) is 0 Å². The van der Waals surface area contributed by atoms with E-state index in [9.17, 15) is 9.59 Å². The van der Waals surface area contributed by atoms with E-state index in [2.05, 4.69) is 6.92 Å². The number of hydrogen-bond acceptors (Lipinski definition) is 3. The molecule has 3 heteroatoms. The average molecular weight is 200 g/mol. The number of Topliss-reactive ketones (excluding diaryl/α,β-unsaturated/α-hetero) is 1. The lowest BCUT2D eigenvalue weighted by Crippen LogP contribution is -2.20. The highest BCUT2D eigenvalue weighted by atomic mass is 16.5. The van der Waals surface area contributed by atoms with Crippen LogP contribution in [0.2, 0.25) is 0 Å². The molecule has 82 valence electrons. The van der Waals surface area contributed by atoms with Gasteiger partial charge in [0.25, 0.3) is 0 Å². The third-order valence-electron chi connectivity index (χ3n) is 2.06. The van der Waals surface area contributed by atoms with E-state index in [4.69, 9.17) is 4.74 Å². The summed E-state index contributed by atoms with van der Waals surface area (Å²) in [5.41, 5.74) is 0. The summed E-state index contributed by atoms with van der Waals surface area (Å²) in [6.45, 7) is 5.75. The normalized spacial score (nSPS) is 12.2. The van der Waals surface area contributed by atoms with Crippen molar-refractivity contribution in [2.75, 3.05) is 6.61 Å². The molecular formula is C11H20O3. The molecule has 0 heterocycles. The topological polar surface area (TPSA) is 43.4 Å². The van der Waals surface area contributed by atoms with Gasteiger partial charge in [-0.05, 0) is 20.3 Å². The minimum absolute atomic E-state index is 0.0548. The maximum atomic E-state index is 11.4. The maximum absolute atomic E-state index is 11.4. The second kappa shape index (κ2) is 7.54. The molecule has 3 nitrogen and oxygen atoms in total. The van der Waals surface area contributed by atoms with Gasteiger partial charge < -0.3 is 9.53 Å². The van der Waals surface area contributed by atoms with E-state index >= 15 is 0 Å². The van der Waals surface area contributed by atoms with Crippen LogP contribution < -0.4 is 0 Å². The van der Waals surface area contributed by atoms with Gasteiger partial charge in [0.2, 0.25) is 0 Å². The van der Waals surface area contributed by atoms with E-state index in [0.29, 0.717) is 13.0 Å². The van der Waals surface area contributed by atoms with Crippen LogP contribution in [0.25, 0.3) is 0 Å². The first kappa shape index (κ1) is 13.1. The number of ether oxygens (including phenoxy) is 1. The first-order valence-electron chi connectivity index (χ1n) is 5.27. The van der Waals surface area contributed by atoms with E-state index in [-0.39, 0.29) is 17.7 Å². The van der Waals surface area contributed by atoms with Crippen molar-refractivity contribution in [3.05, 3.63) is 0 Å². The monoisotopic (exact) mass is 200 g/mol. The van der Waals surface area contributed by atoms with E-state index in [1.165, 1.54) is 6.92 Å². The minimum Gasteiger partial charge on any atom is -0.466 e. The van der Waals surface area contributed by atoms with Gasteiger partial charge in [0.1, 0.15) is 5.78 Å². The third-order valence-corrected chi connectivity index (χ3v) is 2.06. The molecule has 0 saturated carbocycles. The van der Waals surface area contributed by atoms with Gasteiger partial charge in [-0.2, -0.15) is 0 Å². The fraction of sp³-hybridized carbons (Fsp3) is 0.818. The van der Waals surface area contributed by atoms with Crippen molar-refractivity contribution in [2.45, 2.75) is 46.5 Å². The minimum atomic E-state index is -0.229. The van der Waals surface area contributed by atoms with Gasteiger partial charge in [-0.3, -0.25) is 4.79 Å². The number of esters is 1. The Bertz CT molecular complexity index is 187. The van der Waals surface area contributed by atoms with Crippen LogP contribution in [0, 0.1) is 5.92 Å². The molecule has 1 atom stereocenters. The highest BCUT2D eigenvalue weighted by Crippen LogP contribution is 2.15. The van der Waals surface area contributed by atoms with Crippen molar-refractivity contribution in [1.82, 2.24) is 0 Å². The fourth-order valence-electron chi connectivity index (χ4n) is 1.36. The Hall–Kier alpha value is -0.860. The number of rotatable bonds is 7. The second-order valence-corrected chi connectivity index (χ2v) is 3.50. The molecule has 0 radical (unpaired) electrons. The van der Waals surface area contributed by atoms with Crippen molar-refractivity contribution in [1.29, 1.82) is 0 Å². The van der Waals surface area contributed by atoms with Crippen LogP contribution in [0.15, 0.2) is 0 Å². The fourth-order valence-corrected chi connectivity index (χ4v) is 1.36. The molecule has 14 heavy (non-hydrogen) atoms. The van der Waals surface area contributed by atoms with Gasteiger partial charge >= 0.3 is 5.97 Å². The smallest absolute Gasteiger partial charge is 0.309 e. The average Bonchev–Trinajstić information content (AvgIpc) is 2.12. The van der Waals surface area contributed by atoms with Crippen molar-refractivity contribution < 1.29 is 14.3 Å². The largest absolute Gasteiger partial charge is 0.466 e. The van der Waals surface area contributed by atoms with Crippen LogP contribution >= 0.6 is 0 Å². The molecule has 0 N–H and O–H groups in total. The lowest BCUT2D eigenvalue weighted by atomic mass is 9.97. The Labute approximate surface area is 85.8 Å². The molecule has 0 aliphatic rings. The lowest BCUT2D eigenvalue weighted by Gasteiger charge is -2.13. The molecule has 0 spiro atoms. The summed E-state index contributed by atoms with van der Waals surface area (Å²) in [4.78, 5) is 22.3. The number of hydrogen-bond donors (Lipinski definition) is 0. The molecule has 0 aromatic rings. The Morgan fingerprint density at radius 3 is 2.36 bits per heavy atom. The van der Waals surface area contributed by atoms with Gasteiger partial charge in [-0.25, -0.2) is 0 Å². The molecular weight excluding hydrogens is 180 g/mol. The van der Waals surface area contributed by atoms with Gasteiger partial charge in [-0.1, -0.05) is 19.8 Å². The first-order valence-corrected chi connectivity index (χ1v) is 5.27. The van der Waals surface area contributed by atoms with Crippen molar-refractivity contribution >= 4 is 11.8 Å². The predicted octanol–water partition coefficient (Wildman–Crippen LogP) is 2.33. The molecule has 0 bridgehead atoms. The van der Waals surface area contributed by atoms with E-state index in [1.807, 2.05) is 0 Å². The van der Waals surface area contributed by atoms with Crippen LogP contribution in [-0.4, -0.2) is 18.4 Å². The summed E-state index contributed by atoms with van der Waals surface area (Å²) >= 11 is 0. The SMILES string of the molecule is CCCCC(CC(C)=O)C(=O)OCC. The summed E-state index contributed by atoms with van der Waals surface area (Å²) < 4.78 is 4.91. The quantitative estimate of drug-likeness (QED) is 0.592. The van der Waals surface area contributed by atoms with Crippen LogP contribution in [0.4, 0.5) is 0 Å². The number of ketones is 1. The Balaban J connectivity index is 4.08. The zero-order chi connectivity index (χ0) is 11.0. The Morgan fingerprint density at radius 2 is 1.93 bits per heavy atom. The number of unbranched alkanes of at least 4 members (excludes halogenated alkanes) is 1. The summed E-state index contributed by atoms with van der Waals surface area (Å²) in [7, 11) is 0. The van der Waals surface area contributed by atoms with Gasteiger partial charge in [0.05, 0.1) is 12.5 Å². The zero-order valence-electron chi connectivity index (χ0n) is 9.34. The first-order chi connectivity index (χ1) is 6.61. The Kier molecular flexibility index (Phi) is 7.07. The van der Waals surface area contributed by atoms with Gasteiger partial charge in [0, 0.05) is 6.42 Å². The van der Waals surface area contributed by atoms with E-state index < -0.39 is 0 Å². The molecule has 0 amide bonds. The van der Waals surface area contributed by atoms with Crippen molar-refractivity contribution in [3.8, 4) is 0 Å². The highest BCUT2D eigenvalue weighted by molar-refractivity contribution is 5.82. The van der Waals surface area contributed by atoms with E-state index in [0.717, 1.165) is 19.3 Å². The third kappa shape index (κ3) is 5.73. The predicted molar refractivity (Wildman–Crippen MR) is 54.9 cm³/mol.